The van der Waals surface area contributed by atoms with E-state index in [0.717, 1.165) is 5.56 Å². The molecule has 0 fully saturated rings. The first-order valence-corrected chi connectivity index (χ1v) is 5.79. The second-order valence-corrected chi connectivity index (χ2v) is 4.20. The van der Waals surface area contributed by atoms with Gasteiger partial charge in [0.25, 0.3) is 0 Å². The number of benzene rings is 1. The molecule has 7 heteroatoms. The van der Waals surface area contributed by atoms with Crippen molar-refractivity contribution in [1.29, 1.82) is 0 Å². The highest BCUT2D eigenvalue weighted by molar-refractivity contribution is 5.76. The molecule has 0 aliphatic rings. The van der Waals surface area contributed by atoms with Gasteiger partial charge in [0.15, 0.2) is 5.75 Å². The highest BCUT2D eigenvalue weighted by Gasteiger charge is 2.17. The third-order valence-electron chi connectivity index (χ3n) is 2.58. The van der Waals surface area contributed by atoms with Crippen LogP contribution in [0.25, 0.3) is 0 Å². The van der Waals surface area contributed by atoms with E-state index in [1.807, 2.05) is 0 Å². The number of nitrogens with one attached hydrogen (secondary N) is 1. The first-order chi connectivity index (χ1) is 8.95. The molecule has 104 valence electrons. The third-order valence-corrected chi connectivity index (χ3v) is 2.58. The van der Waals surface area contributed by atoms with E-state index in [1.165, 1.54) is 6.07 Å². The smallest absolute Gasteiger partial charge is 0.310 e. The topological polar surface area (TPSA) is 107 Å². The fourth-order valence-electron chi connectivity index (χ4n) is 1.44. The lowest BCUT2D eigenvalue weighted by Gasteiger charge is -2.11. The fourth-order valence-corrected chi connectivity index (χ4v) is 1.44. The summed E-state index contributed by atoms with van der Waals surface area (Å²) in [7, 11) is 1.77. The van der Waals surface area contributed by atoms with Gasteiger partial charge in [-0.3, -0.25) is 14.9 Å². The number of nitro groups is 1. The Morgan fingerprint density at radius 2 is 2.26 bits per heavy atom. The fraction of sp³-hybridized carbons (Fsp3) is 0.417. The highest BCUT2D eigenvalue weighted by Crippen LogP contribution is 2.28. The molecule has 19 heavy (non-hydrogen) atoms. The van der Waals surface area contributed by atoms with Gasteiger partial charge in [-0.05, 0) is 18.7 Å². The average Bonchev–Trinajstić information content (AvgIpc) is 2.36. The second kappa shape index (κ2) is 6.69. The zero-order valence-corrected chi connectivity index (χ0v) is 10.9. The predicted octanol–water partition coefficient (Wildman–Crippen LogP) is 0.814. The molecule has 0 heterocycles. The minimum Gasteiger partial charge on any atom is -0.486 e. The van der Waals surface area contributed by atoms with Crippen LogP contribution in [0.15, 0.2) is 18.2 Å². The van der Waals surface area contributed by atoms with Gasteiger partial charge in [-0.1, -0.05) is 13.0 Å². The van der Waals surface area contributed by atoms with E-state index in [-0.39, 0.29) is 18.0 Å². The Balaban J connectivity index is 2.91. The Kier molecular flexibility index (Phi) is 5.25. The van der Waals surface area contributed by atoms with Crippen molar-refractivity contribution in [2.45, 2.75) is 13.5 Å². The molecule has 1 atom stereocenters. The van der Waals surface area contributed by atoms with E-state index in [1.54, 1.807) is 26.1 Å². The largest absolute Gasteiger partial charge is 0.486 e. The molecule has 0 aromatic heterocycles. The van der Waals surface area contributed by atoms with E-state index in [2.05, 4.69) is 5.32 Å². The van der Waals surface area contributed by atoms with Crippen LogP contribution in [0.1, 0.15) is 12.5 Å². The molecule has 0 spiro atoms. The van der Waals surface area contributed by atoms with Crippen molar-refractivity contribution in [2.24, 2.45) is 11.7 Å². The number of hydrogen-bond donors (Lipinski definition) is 2. The summed E-state index contributed by atoms with van der Waals surface area (Å²) >= 11 is 0. The van der Waals surface area contributed by atoms with E-state index in [0.29, 0.717) is 6.54 Å². The number of hydrogen-bond acceptors (Lipinski definition) is 5. The Morgan fingerprint density at radius 1 is 1.58 bits per heavy atom. The van der Waals surface area contributed by atoms with Gasteiger partial charge in [0.2, 0.25) is 5.91 Å². The minimum absolute atomic E-state index is 0.0131. The lowest BCUT2D eigenvalue weighted by Crippen LogP contribution is -2.26. The van der Waals surface area contributed by atoms with Crippen LogP contribution in [-0.2, 0) is 11.3 Å². The summed E-state index contributed by atoms with van der Waals surface area (Å²) < 4.78 is 5.34. The number of amides is 1. The van der Waals surface area contributed by atoms with Crippen molar-refractivity contribution in [3.8, 4) is 5.75 Å². The molecule has 1 rings (SSSR count). The molecule has 7 nitrogen and oxygen atoms in total. The lowest BCUT2D eigenvalue weighted by molar-refractivity contribution is -0.385. The van der Waals surface area contributed by atoms with Crippen LogP contribution in [0.3, 0.4) is 0 Å². The maximum Gasteiger partial charge on any atom is 0.310 e. The van der Waals surface area contributed by atoms with Crippen LogP contribution in [0.2, 0.25) is 0 Å². The second-order valence-electron chi connectivity index (χ2n) is 4.20. The Bertz CT molecular complexity index is 476. The van der Waals surface area contributed by atoms with E-state index in [4.69, 9.17) is 10.5 Å². The molecule has 0 saturated carbocycles. The predicted molar refractivity (Wildman–Crippen MR) is 69.7 cm³/mol. The van der Waals surface area contributed by atoms with E-state index < -0.39 is 16.7 Å². The van der Waals surface area contributed by atoms with Crippen molar-refractivity contribution in [3.05, 3.63) is 33.9 Å². The Labute approximate surface area is 110 Å². The standard InChI is InChI=1S/C12H17N3O4/c1-8(12(13)16)7-19-11-5-9(6-14-2)3-4-10(11)15(17)18/h3-5,8,14H,6-7H2,1-2H3,(H2,13,16). The number of nitrogens with two attached hydrogens (primary N) is 1. The zero-order chi connectivity index (χ0) is 14.4. The third kappa shape index (κ3) is 4.22. The normalized spacial score (nSPS) is 11.9. The van der Waals surface area contributed by atoms with Crippen molar-refractivity contribution in [3.63, 3.8) is 0 Å². The molecule has 1 amide bonds. The quantitative estimate of drug-likeness (QED) is 0.561. The van der Waals surface area contributed by atoms with Gasteiger partial charge in [-0.25, -0.2) is 0 Å². The summed E-state index contributed by atoms with van der Waals surface area (Å²) in [4.78, 5) is 21.3. The monoisotopic (exact) mass is 267 g/mol. The molecular weight excluding hydrogens is 250 g/mol. The Morgan fingerprint density at radius 3 is 2.79 bits per heavy atom. The van der Waals surface area contributed by atoms with Gasteiger partial charge >= 0.3 is 5.69 Å². The van der Waals surface area contributed by atoms with E-state index in [9.17, 15) is 14.9 Å². The molecule has 1 aromatic carbocycles. The van der Waals surface area contributed by atoms with E-state index >= 15 is 0 Å². The summed E-state index contributed by atoms with van der Waals surface area (Å²) in [5, 5.41) is 13.8. The van der Waals surface area contributed by atoms with Crippen LogP contribution < -0.4 is 15.8 Å². The number of rotatable bonds is 7. The first-order valence-electron chi connectivity index (χ1n) is 5.79. The maximum absolute atomic E-state index is 10.9. The Hall–Kier alpha value is -2.15. The maximum atomic E-state index is 10.9. The number of ether oxygens (including phenoxy) is 1. The number of nitro benzene ring substituents is 1. The van der Waals surface area contributed by atoms with Crippen molar-refractivity contribution < 1.29 is 14.5 Å². The van der Waals surface area contributed by atoms with Crippen molar-refractivity contribution >= 4 is 11.6 Å². The van der Waals surface area contributed by atoms with Gasteiger partial charge in [-0.2, -0.15) is 0 Å². The molecule has 3 N–H and O–H groups in total. The summed E-state index contributed by atoms with van der Waals surface area (Å²) in [5.41, 5.74) is 5.84. The van der Waals surface area contributed by atoms with Crippen LogP contribution in [0.4, 0.5) is 5.69 Å². The molecule has 0 aliphatic carbocycles. The van der Waals surface area contributed by atoms with Crippen LogP contribution >= 0.6 is 0 Å². The first kappa shape index (κ1) is 14.9. The lowest BCUT2D eigenvalue weighted by atomic mass is 10.1. The van der Waals surface area contributed by atoms with Crippen LogP contribution in [0, 0.1) is 16.0 Å². The van der Waals surface area contributed by atoms with Gasteiger partial charge in [0, 0.05) is 12.6 Å². The molecular formula is C12H17N3O4. The van der Waals surface area contributed by atoms with Crippen molar-refractivity contribution in [1.82, 2.24) is 5.32 Å². The van der Waals surface area contributed by atoms with Gasteiger partial charge in [-0.15, -0.1) is 0 Å². The number of carbonyl (C=O) groups excluding carboxylic acids is 1. The summed E-state index contributed by atoms with van der Waals surface area (Å²) in [6, 6.07) is 4.62. The number of carbonyl (C=O) groups is 1. The van der Waals surface area contributed by atoms with Gasteiger partial charge < -0.3 is 15.8 Å². The molecule has 0 saturated heterocycles. The molecule has 1 unspecified atom stereocenters. The number of nitrogens with zero attached hydrogens (tertiary/aromatic N) is 1. The van der Waals surface area contributed by atoms with Gasteiger partial charge in [0.1, 0.15) is 0 Å². The molecule has 1 aromatic rings. The summed E-state index contributed by atoms with van der Waals surface area (Å²) in [6.45, 7) is 2.19. The van der Waals surface area contributed by atoms with Crippen molar-refractivity contribution in [2.75, 3.05) is 13.7 Å². The SMILES string of the molecule is CNCc1ccc([N+](=O)[O-])c(OCC(C)C(N)=O)c1. The molecule has 0 radical (unpaired) electrons. The summed E-state index contributed by atoms with van der Waals surface area (Å²) in [6.07, 6.45) is 0. The average molecular weight is 267 g/mol. The van der Waals surface area contributed by atoms with Crippen LogP contribution in [0.5, 0.6) is 5.75 Å². The zero-order valence-electron chi connectivity index (χ0n) is 10.9. The molecule has 0 aliphatic heterocycles. The summed E-state index contributed by atoms with van der Waals surface area (Å²) in [5.74, 6) is -0.868. The number of primary amides is 1. The van der Waals surface area contributed by atoms with Crippen LogP contribution in [-0.4, -0.2) is 24.5 Å². The molecule has 0 bridgehead atoms. The van der Waals surface area contributed by atoms with Gasteiger partial charge in [0.05, 0.1) is 17.4 Å². The highest BCUT2D eigenvalue weighted by atomic mass is 16.6. The minimum atomic E-state index is -0.520.